The van der Waals surface area contributed by atoms with Gasteiger partial charge in [0.2, 0.25) is 0 Å². The van der Waals surface area contributed by atoms with Crippen LogP contribution < -0.4 is 15.2 Å². The second kappa shape index (κ2) is 5.32. The first-order valence-electron chi connectivity index (χ1n) is 5.76. The van der Waals surface area contributed by atoms with Crippen LogP contribution in [0.15, 0.2) is 36.4 Å². The van der Waals surface area contributed by atoms with Crippen molar-refractivity contribution in [3.05, 3.63) is 47.5 Å². The Kier molecular flexibility index (Phi) is 3.58. The summed E-state index contributed by atoms with van der Waals surface area (Å²) in [5, 5.41) is 9.08. The van der Waals surface area contributed by atoms with Gasteiger partial charge >= 0.3 is 0 Å². The molecule has 4 heteroatoms. The largest absolute Gasteiger partial charge is 0.497 e. The van der Waals surface area contributed by atoms with E-state index in [4.69, 9.17) is 20.5 Å². The van der Waals surface area contributed by atoms with E-state index in [0.717, 1.165) is 5.56 Å². The van der Waals surface area contributed by atoms with Crippen molar-refractivity contribution in [3.8, 4) is 23.3 Å². The van der Waals surface area contributed by atoms with Crippen molar-refractivity contribution < 1.29 is 9.47 Å². The number of methoxy groups -OCH3 is 1. The van der Waals surface area contributed by atoms with Crippen LogP contribution in [0.5, 0.6) is 17.2 Å². The maximum atomic E-state index is 9.08. The molecule has 0 saturated carbocycles. The van der Waals surface area contributed by atoms with E-state index >= 15 is 0 Å². The van der Waals surface area contributed by atoms with Crippen molar-refractivity contribution >= 4 is 5.69 Å². The van der Waals surface area contributed by atoms with Crippen molar-refractivity contribution in [2.45, 2.75) is 6.92 Å². The molecule has 0 aliphatic carbocycles. The van der Waals surface area contributed by atoms with Gasteiger partial charge in [0.25, 0.3) is 0 Å². The summed E-state index contributed by atoms with van der Waals surface area (Å²) in [6.07, 6.45) is 0. The predicted molar refractivity (Wildman–Crippen MR) is 73.4 cm³/mol. The summed E-state index contributed by atoms with van der Waals surface area (Å²) < 4.78 is 10.9. The van der Waals surface area contributed by atoms with E-state index in [2.05, 4.69) is 6.07 Å². The van der Waals surface area contributed by atoms with Gasteiger partial charge in [-0.25, -0.2) is 0 Å². The molecule has 4 nitrogen and oxygen atoms in total. The summed E-state index contributed by atoms with van der Waals surface area (Å²) >= 11 is 0. The Bertz CT molecular complexity index is 645. The molecular formula is C15H14N2O2. The molecule has 96 valence electrons. The normalized spacial score (nSPS) is 9.74. The monoisotopic (exact) mass is 254 g/mol. The molecule has 0 bridgehead atoms. The van der Waals surface area contributed by atoms with Crippen LogP contribution in [0.4, 0.5) is 5.69 Å². The highest BCUT2D eigenvalue weighted by Gasteiger charge is 2.09. The van der Waals surface area contributed by atoms with Crippen LogP contribution in [-0.2, 0) is 0 Å². The molecule has 19 heavy (non-hydrogen) atoms. The van der Waals surface area contributed by atoms with Crippen LogP contribution in [0, 0.1) is 18.3 Å². The van der Waals surface area contributed by atoms with Gasteiger partial charge in [0.05, 0.1) is 18.4 Å². The lowest BCUT2D eigenvalue weighted by Gasteiger charge is -2.11. The van der Waals surface area contributed by atoms with Gasteiger partial charge in [0.1, 0.15) is 17.6 Å². The van der Waals surface area contributed by atoms with Gasteiger partial charge in [-0.3, -0.25) is 0 Å². The molecule has 0 aromatic heterocycles. The molecule has 2 rings (SSSR count). The Labute approximate surface area is 112 Å². The third-order valence-corrected chi connectivity index (χ3v) is 2.70. The molecule has 0 aliphatic rings. The van der Waals surface area contributed by atoms with Gasteiger partial charge < -0.3 is 15.2 Å². The number of nitrogens with two attached hydrogens (primary N) is 1. The molecule has 2 aromatic carbocycles. The molecule has 0 aliphatic heterocycles. The number of ether oxygens (including phenoxy) is 2. The van der Waals surface area contributed by atoms with Crippen LogP contribution in [0.25, 0.3) is 0 Å². The number of benzene rings is 2. The van der Waals surface area contributed by atoms with E-state index in [1.54, 1.807) is 31.4 Å². The zero-order valence-electron chi connectivity index (χ0n) is 10.8. The number of nitrogens with zero attached hydrogens (tertiary/aromatic N) is 1. The molecule has 0 spiro atoms. The summed E-state index contributed by atoms with van der Waals surface area (Å²) in [5.74, 6) is 1.59. The minimum atomic E-state index is 0.430. The second-order valence-corrected chi connectivity index (χ2v) is 4.12. The van der Waals surface area contributed by atoms with Crippen LogP contribution in [-0.4, -0.2) is 7.11 Å². The highest BCUT2D eigenvalue weighted by atomic mass is 16.5. The Balaban J connectivity index is 2.42. The topological polar surface area (TPSA) is 68.3 Å². The molecular weight excluding hydrogens is 240 g/mol. The highest BCUT2D eigenvalue weighted by molar-refractivity contribution is 5.57. The smallest absolute Gasteiger partial charge is 0.150 e. The summed E-state index contributed by atoms with van der Waals surface area (Å²) in [7, 11) is 1.56. The lowest BCUT2D eigenvalue weighted by Crippen LogP contribution is -1.95. The van der Waals surface area contributed by atoms with Crippen molar-refractivity contribution in [1.29, 1.82) is 5.26 Å². The van der Waals surface area contributed by atoms with E-state index in [1.807, 2.05) is 19.1 Å². The molecule has 0 heterocycles. The maximum absolute atomic E-state index is 9.08. The fraction of sp³-hybridized carbons (Fsp3) is 0.133. The Morgan fingerprint density at radius 1 is 1.11 bits per heavy atom. The van der Waals surface area contributed by atoms with E-state index in [9.17, 15) is 0 Å². The van der Waals surface area contributed by atoms with Gasteiger partial charge in [-0.15, -0.1) is 0 Å². The Morgan fingerprint density at radius 2 is 1.89 bits per heavy atom. The summed E-state index contributed by atoms with van der Waals surface area (Å²) in [5.41, 5.74) is 7.85. The van der Waals surface area contributed by atoms with Crippen LogP contribution in [0.1, 0.15) is 11.1 Å². The lowest BCUT2D eigenvalue weighted by atomic mass is 10.2. The van der Waals surface area contributed by atoms with E-state index < -0.39 is 0 Å². The summed E-state index contributed by atoms with van der Waals surface area (Å²) in [6, 6.07) is 12.6. The third kappa shape index (κ3) is 2.78. The first kappa shape index (κ1) is 12.8. The van der Waals surface area contributed by atoms with Gasteiger partial charge in [-0.1, -0.05) is 6.07 Å². The fourth-order valence-corrected chi connectivity index (χ4v) is 1.65. The number of rotatable bonds is 3. The SMILES string of the molecule is COc1ccc(C#N)c(Oc2cc(C)ccc2N)c1. The van der Waals surface area contributed by atoms with E-state index in [0.29, 0.717) is 28.5 Å². The maximum Gasteiger partial charge on any atom is 0.150 e. The molecule has 0 amide bonds. The molecule has 0 radical (unpaired) electrons. The molecule has 0 unspecified atom stereocenters. The standard InChI is InChI=1S/C15H14N2O2/c1-10-3-6-13(17)15(7-10)19-14-8-12(18-2)5-4-11(14)9-16/h3-8H,17H2,1-2H3. The van der Waals surface area contributed by atoms with Crippen LogP contribution in [0.2, 0.25) is 0 Å². The fourth-order valence-electron chi connectivity index (χ4n) is 1.65. The predicted octanol–water partition coefficient (Wildman–Crippen LogP) is 3.25. The Morgan fingerprint density at radius 3 is 2.58 bits per heavy atom. The third-order valence-electron chi connectivity index (χ3n) is 2.70. The molecule has 0 atom stereocenters. The average Bonchev–Trinajstić information content (AvgIpc) is 2.42. The van der Waals surface area contributed by atoms with Crippen molar-refractivity contribution in [3.63, 3.8) is 0 Å². The number of anilines is 1. The van der Waals surface area contributed by atoms with Crippen LogP contribution in [0.3, 0.4) is 0 Å². The molecule has 2 aromatic rings. The van der Waals surface area contributed by atoms with Crippen LogP contribution >= 0.6 is 0 Å². The van der Waals surface area contributed by atoms with E-state index in [1.165, 1.54) is 0 Å². The molecule has 0 fully saturated rings. The van der Waals surface area contributed by atoms with Crippen molar-refractivity contribution in [2.24, 2.45) is 0 Å². The zero-order valence-corrected chi connectivity index (χ0v) is 10.8. The minimum Gasteiger partial charge on any atom is -0.497 e. The molecule has 0 saturated heterocycles. The summed E-state index contributed by atoms with van der Waals surface area (Å²) in [6.45, 7) is 1.95. The minimum absolute atomic E-state index is 0.430. The van der Waals surface area contributed by atoms with Gasteiger partial charge in [-0.05, 0) is 36.8 Å². The average molecular weight is 254 g/mol. The molecule has 2 N–H and O–H groups in total. The first-order chi connectivity index (χ1) is 9.13. The van der Waals surface area contributed by atoms with Gasteiger partial charge in [-0.2, -0.15) is 5.26 Å². The van der Waals surface area contributed by atoms with Crippen molar-refractivity contribution in [2.75, 3.05) is 12.8 Å². The van der Waals surface area contributed by atoms with Gasteiger partial charge in [0.15, 0.2) is 5.75 Å². The second-order valence-electron chi connectivity index (χ2n) is 4.12. The van der Waals surface area contributed by atoms with Gasteiger partial charge in [0, 0.05) is 6.07 Å². The first-order valence-corrected chi connectivity index (χ1v) is 5.76. The highest BCUT2D eigenvalue weighted by Crippen LogP contribution is 2.32. The number of nitriles is 1. The lowest BCUT2D eigenvalue weighted by molar-refractivity contribution is 0.409. The van der Waals surface area contributed by atoms with E-state index in [-0.39, 0.29) is 0 Å². The number of hydrogen-bond donors (Lipinski definition) is 1. The summed E-state index contributed by atoms with van der Waals surface area (Å²) in [4.78, 5) is 0. The number of aryl methyl sites for hydroxylation is 1. The number of hydrogen-bond acceptors (Lipinski definition) is 4. The van der Waals surface area contributed by atoms with Crippen molar-refractivity contribution in [1.82, 2.24) is 0 Å². The number of nitrogen functional groups attached to an aromatic ring is 1. The zero-order chi connectivity index (χ0) is 13.8. The Hall–Kier alpha value is -2.67. The quantitative estimate of drug-likeness (QED) is 0.854.